The Morgan fingerprint density at radius 1 is 1.00 bits per heavy atom. The van der Waals surface area contributed by atoms with Gasteiger partial charge in [-0.05, 0) is 49.2 Å². The van der Waals surface area contributed by atoms with E-state index in [9.17, 15) is 18.0 Å². The predicted octanol–water partition coefficient (Wildman–Crippen LogP) is 5.21. The zero-order valence-corrected chi connectivity index (χ0v) is 14.4. The van der Waals surface area contributed by atoms with Crippen LogP contribution in [0, 0.1) is 17.5 Å². The third-order valence-electron chi connectivity index (χ3n) is 3.31. The molecule has 26 heavy (non-hydrogen) atoms. The minimum absolute atomic E-state index is 0.0235. The molecule has 0 amide bonds. The molecule has 0 radical (unpaired) electrons. The molecule has 0 saturated carbocycles. The highest BCUT2D eigenvalue weighted by molar-refractivity contribution is 5.88. The molecule has 3 nitrogen and oxygen atoms in total. The van der Waals surface area contributed by atoms with Gasteiger partial charge in [-0.15, -0.1) is 0 Å². The van der Waals surface area contributed by atoms with Crippen LogP contribution in [0.1, 0.15) is 13.8 Å². The maximum atomic E-state index is 14.3. The first-order chi connectivity index (χ1) is 12.2. The summed E-state index contributed by atoms with van der Waals surface area (Å²) in [5, 5.41) is 0. The molecule has 0 fully saturated rings. The lowest BCUT2D eigenvalue weighted by Gasteiger charge is -2.11. The second-order valence-electron chi connectivity index (χ2n) is 5.80. The van der Waals surface area contributed by atoms with Crippen LogP contribution in [0.2, 0.25) is 0 Å². The van der Waals surface area contributed by atoms with Gasteiger partial charge >= 0.3 is 5.97 Å². The average molecular weight is 362 g/mol. The molecular weight excluding hydrogens is 345 g/mol. The van der Waals surface area contributed by atoms with E-state index in [0.717, 1.165) is 12.1 Å². The molecule has 2 aromatic rings. The van der Waals surface area contributed by atoms with Gasteiger partial charge in [-0.1, -0.05) is 19.2 Å². The minimum Gasteiger partial charge on any atom is -0.486 e. The van der Waals surface area contributed by atoms with Crippen molar-refractivity contribution in [3.8, 4) is 22.6 Å². The van der Waals surface area contributed by atoms with Crippen molar-refractivity contribution in [2.24, 2.45) is 0 Å². The zero-order chi connectivity index (χ0) is 19.4. The first-order valence-corrected chi connectivity index (χ1v) is 7.63. The zero-order valence-electron chi connectivity index (χ0n) is 14.4. The summed E-state index contributed by atoms with van der Waals surface area (Å²) in [5.41, 5.74) is 0.685. The van der Waals surface area contributed by atoms with Crippen LogP contribution in [-0.2, 0) is 4.79 Å². The van der Waals surface area contributed by atoms with Crippen LogP contribution in [0.25, 0.3) is 11.1 Å². The van der Waals surface area contributed by atoms with Crippen molar-refractivity contribution >= 4 is 5.97 Å². The number of ether oxygens (including phenoxy) is 2. The van der Waals surface area contributed by atoms with Crippen LogP contribution in [0.5, 0.6) is 11.5 Å². The smallest absolute Gasteiger partial charge is 0.338 e. The molecule has 0 bridgehead atoms. The Hall–Kier alpha value is -3.02. The Kier molecular flexibility index (Phi) is 5.87. The monoisotopic (exact) mass is 362 g/mol. The largest absolute Gasteiger partial charge is 0.486 e. The fraction of sp³-hybridized carbons (Fsp3) is 0.150. The Labute approximate surface area is 149 Å². The summed E-state index contributed by atoms with van der Waals surface area (Å²) in [7, 11) is 0. The molecule has 6 heteroatoms. The van der Waals surface area contributed by atoms with Gasteiger partial charge in [-0.2, -0.15) is 4.39 Å². The number of carbonyl (C=O) groups excluding carboxylic acids is 1. The van der Waals surface area contributed by atoms with E-state index in [4.69, 9.17) is 9.47 Å². The number of benzene rings is 2. The van der Waals surface area contributed by atoms with Crippen molar-refractivity contribution in [1.29, 1.82) is 0 Å². The highest BCUT2D eigenvalue weighted by Gasteiger charge is 2.19. The Morgan fingerprint density at radius 2 is 1.65 bits per heavy atom. The molecule has 2 aromatic carbocycles. The van der Waals surface area contributed by atoms with Gasteiger partial charge in [-0.25, -0.2) is 13.6 Å². The third kappa shape index (κ3) is 4.33. The van der Waals surface area contributed by atoms with E-state index in [-0.39, 0.29) is 29.1 Å². The summed E-state index contributed by atoms with van der Waals surface area (Å²) in [5.74, 6) is -4.79. The van der Waals surface area contributed by atoms with Crippen LogP contribution in [0.15, 0.2) is 54.6 Å². The average Bonchev–Trinajstić information content (AvgIpc) is 2.57. The molecule has 2 rings (SSSR count). The van der Waals surface area contributed by atoms with E-state index >= 15 is 0 Å². The Bertz CT molecular complexity index is 888. The summed E-state index contributed by atoms with van der Waals surface area (Å²) >= 11 is 0. The second-order valence-corrected chi connectivity index (χ2v) is 5.80. The van der Waals surface area contributed by atoms with Crippen LogP contribution in [-0.4, -0.2) is 12.6 Å². The normalized spacial score (nSPS) is 10.3. The van der Waals surface area contributed by atoms with E-state index in [1.807, 2.05) is 0 Å². The van der Waals surface area contributed by atoms with Crippen LogP contribution in [0.4, 0.5) is 13.2 Å². The van der Waals surface area contributed by atoms with Crippen LogP contribution >= 0.6 is 0 Å². The van der Waals surface area contributed by atoms with Crippen molar-refractivity contribution in [3.05, 3.63) is 72.1 Å². The fourth-order valence-corrected chi connectivity index (χ4v) is 2.01. The van der Waals surface area contributed by atoms with E-state index < -0.39 is 29.2 Å². The van der Waals surface area contributed by atoms with E-state index in [2.05, 4.69) is 13.2 Å². The molecule has 0 atom stereocenters. The number of hydrogen-bond acceptors (Lipinski definition) is 3. The summed E-state index contributed by atoms with van der Waals surface area (Å²) in [6.07, 6.45) is 0. The van der Waals surface area contributed by atoms with E-state index in [1.54, 1.807) is 6.92 Å². The van der Waals surface area contributed by atoms with Gasteiger partial charge in [0.25, 0.3) is 0 Å². The number of hydrogen-bond donors (Lipinski definition) is 0. The first-order valence-electron chi connectivity index (χ1n) is 7.63. The molecule has 0 spiro atoms. The van der Waals surface area contributed by atoms with E-state index in [1.165, 1.54) is 25.1 Å². The molecule has 0 aliphatic rings. The SMILES string of the molecule is C=C(C)COc1ccc(-c2ccc(OC(=O)C(=C)C)c(F)c2F)cc1F. The van der Waals surface area contributed by atoms with Crippen LogP contribution in [0.3, 0.4) is 0 Å². The van der Waals surface area contributed by atoms with Gasteiger partial charge in [0.2, 0.25) is 5.82 Å². The van der Waals surface area contributed by atoms with E-state index in [0.29, 0.717) is 5.57 Å². The van der Waals surface area contributed by atoms with Crippen molar-refractivity contribution in [2.45, 2.75) is 13.8 Å². The molecular formula is C20H17F3O3. The fourth-order valence-electron chi connectivity index (χ4n) is 2.01. The predicted molar refractivity (Wildman–Crippen MR) is 92.5 cm³/mol. The Morgan fingerprint density at radius 3 is 2.23 bits per heavy atom. The summed E-state index contributed by atoms with van der Waals surface area (Å²) < 4.78 is 52.5. The Balaban J connectivity index is 2.33. The lowest BCUT2D eigenvalue weighted by Crippen LogP contribution is -2.10. The highest BCUT2D eigenvalue weighted by Crippen LogP contribution is 2.32. The standard InChI is InChI=1S/C20H17F3O3/c1-11(2)10-25-16-7-5-13(9-15(16)21)14-6-8-17(19(23)18(14)22)26-20(24)12(3)4/h5-9H,1,3,10H2,2,4H3. The summed E-state index contributed by atoms with van der Waals surface area (Å²) in [4.78, 5) is 11.4. The number of esters is 1. The van der Waals surface area contributed by atoms with Gasteiger partial charge in [-0.3, -0.25) is 0 Å². The van der Waals surface area contributed by atoms with Crippen molar-refractivity contribution < 1.29 is 27.4 Å². The second kappa shape index (κ2) is 7.91. The number of halogens is 3. The molecule has 0 aromatic heterocycles. The lowest BCUT2D eigenvalue weighted by molar-refractivity contribution is -0.130. The highest BCUT2D eigenvalue weighted by atomic mass is 19.2. The molecule has 0 N–H and O–H groups in total. The molecule has 0 unspecified atom stereocenters. The summed E-state index contributed by atoms with van der Waals surface area (Å²) in [6.45, 7) is 10.3. The quantitative estimate of drug-likeness (QED) is 0.306. The maximum Gasteiger partial charge on any atom is 0.338 e. The molecule has 0 aliphatic carbocycles. The molecule has 0 heterocycles. The van der Waals surface area contributed by atoms with Crippen molar-refractivity contribution in [3.63, 3.8) is 0 Å². The van der Waals surface area contributed by atoms with Crippen molar-refractivity contribution in [1.82, 2.24) is 0 Å². The van der Waals surface area contributed by atoms with Crippen LogP contribution < -0.4 is 9.47 Å². The van der Waals surface area contributed by atoms with Crippen molar-refractivity contribution in [2.75, 3.05) is 6.61 Å². The molecule has 136 valence electrons. The molecule has 0 aliphatic heterocycles. The maximum absolute atomic E-state index is 14.3. The van der Waals surface area contributed by atoms with Gasteiger partial charge in [0.15, 0.2) is 23.1 Å². The third-order valence-corrected chi connectivity index (χ3v) is 3.31. The topological polar surface area (TPSA) is 35.5 Å². The minimum atomic E-state index is -1.35. The number of carbonyl (C=O) groups is 1. The molecule has 0 saturated heterocycles. The van der Waals surface area contributed by atoms with Gasteiger partial charge in [0.1, 0.15) is 6.61 Å². The van der Waals surface area contributed by atoms with Gasteiger partial charge in [0.05, 0.1) is 0 Å². The van der Waals surface area contributed by atoms with Gasteiger partial charge in [0, 0.05) is 11.1 Å². The first kappa shape index (κ1) is 19.3. The van der Waals surface area contributed by atoms with Gasteiger partial charge < -0.3 is 9.47 Å². The lowest BCUT2D eigenvalue weighted by atomic mass is 10.0. The number of rotatable bonds is 6. The summed E-state index contributed by atoms with van der Waals surface area (Å²) in [6, 6.07) is 6.04.